The van der Waals surface area contributed by atoms with Gasteiger partial charge >= 0.3 is 0 Å². The summed E-state index contributed by atoms with van der Waals surface area (Å²) in [6, 6.07) is 13.3. The Labute approximate surface area is 171 Å². The number of aliphatic imine (C=N–C) groups is 1. The summed E-state index contributed by atoms with van der Waals surface area (Å²) in [5, 5.41) is 0. The highest BCUT2D eigenvalue weighted by Crippen LogP contribution is 2.33. The quantitative estimate of drug-likeness (QED) is 0.840. The van der Waals surface area contributed by atoms with Gasteiger partial charge in [-0.15, -0.1) is 0 Å². The lowest BCUT2D eigenvalue weighted by molar-refractivity contribution is -0.131. The van der Waals surface area contributed by atoms with Crippen LogP contribution in [0, 0.1) is 13.8 Å². The zero-order chi connectivity index (χ0) is 20.6. The van der Waals surface area contributed by atoms with E-state index in [0.29, 0.717) is 11.4 Å². The van der Waals surface area contributed by atoms with Crippen LogP contribution >= 0.6 is 0 Å². The van der Waals surface area contributed by atoms with Crippen LogP contribution in [0.5, 0.6) is 0 Å². The number of aryl methyl sites for hydroxylation is 2. The summed E-state index contributed by atoms with van der Waals surface area (Å²) in [5.74, 6) is 0.380. The first-order chi connectivity index (χ1) is 13.8. The first kappa shape index (κ1) is 19.6. The van der Waals surface area contributed by atoms with Gasteiger partial charge in [0.1, 0.15) is 5.84 Å². The van der Waals surface area contributed by atoms with Crippen molar-refractivity contribution in [1.29, 1.82) is 0 Å². The Kier molecular flexibility index (Phi) is 5.17. The Bertz CT molecular complexity index is 1070. The van der Waals surface area contributed by atoms with Crippen molar-refractivity contribution in [3.8, 4) is 0 Å². The van der Waals surface area contributed by atoms with Gasteiger partial charge in [-0.05, 0) is 44.4 Å². The van der Waals surface area contributed by atoms with E-state index in [1.54, 1.807) is 24.3 Å². The zero-order valence-corrected chi connectivity index (χ0v) is 17.5. The number of nitrogens with one attached hydrogen (secondary N) is 1. The molecule has 6 nitrogen and oxygen atoms in total. The van der Waals surface area contributed by atoms with Crippen molar-refractivity contribution in [1.82, 2.24) is 9.62 Å². The minimum absolute atomic E-state index is 0.0603. The third-order valence-electron chi connectivity index (χ3n) is 5.46. The lowest BCUT2D eigenvalue weighted by atomic mass is 9.99. The number of hydrogen-bond donors (Lipinski definition) is 1. The molecule has 1 N–H and O–H groups in total. The van der Waals surface area contributed by atoms with Gasteiger partial charge in [-0.3, -0.25) is 14.5 Å². The Morgan fingerprint density at radius 2 is 1.90 bits per heavy atom. The average Bonchev–Trinajstić information content (AvgIpc) is 3.25. The maximum absolute atomic E-state index is 12.9. The van der Waals surface area contributed by atoms with Gasteiger partial charge in [-0.1, -0.05) is 41.5 Å². The van der Waals surface area contributed by atoms with Gasteiger partial charge in [-0.25, -0.2) is 8.42 Å². The Morgan fingerprint density at radius 1 is 1.17 bits per heavy atom. The first-order valence-electron chi connectivity index (χ1n) is 9.89. The summed E-state index contributed by atoms with van der Waals surface area (Å²) in [6.07, 6.45) is 2.22. The van der Waals surface area contributed by atoms with Gasteiger partial charge in [-0.2, -0.15) is 0 Å². The van der Waals surface area contributed by atoms with Gasteiger partial charge in [0, 0.05) is 18.5 Å². The predicted molar refractivity (Wildman–Crippen MR) is 112 cm³/mol. The highest BCUT2D eigenvalue weighted by Gasteiger charge is 2.31. The normalized spacial score (nSPS) is 21.2. The van der Waals surface area contributed by atoms with Crippen molar-refractivity contribution < 1.29 is 13.2 Å². The number of amidine groups is 1. The van der Waals surface area contributed by atoms with Crippen LogP contribution < -0.4 is 4.72 Å². The second kappa shape index (κ2) is 7.63. The second-order valence-corrected chi connectivity index (χ2v) is 9.40. The van der Waals surface area contributed by atoms with Crippen LogP contribution in [0.2, 0.25) is 0 Å². The number of hydrogen-bond acceptors (Lipinski definition) is 4. The third kappa shape index (κ3) is 3.92. The number of amides is 1. The lowest BCUT2D eigenvalue weighted by Gasteiger charge is -2.25. The van der Waals surface area contributed by atoms with Crippen molar-refractivity contribution >= 4 is 21.8 Å². The molecule has 0 bridgehead atoms. The molecule has 1 fully saturated rings. The summed E-state index contributed by atoms with van der Waals surface area (Å²) < 4.78 is 26.8. The topological polar surface area (TPSA) is 78.8 Å². The van der Waals surface area contributed by atoms with Gasteiger partial charge in [0.05, 0.1) is 17.5 Å². The predicted octanol–water partition coefficient (Wildman–Crippen LogP) is 3.10. The van der Waals surface area contributed by atoms with Gasteiger partial charge in [0.2, 0.25) is 5.91 Å². The van der Waals surface area contributed by atoms with E-state index < -0.39 is 10.0 Å². The lowest BCUT2D eigenvalue weighted by Crippen LogP contribution is -2.31. The Hall–Kier alpha value is -2.67. The van der Waals surface area contributed by atoms with Gasteiger partial charge < -0.3 is 4.90 Å². The molecule has 4 rings (SSSR count). The third-order valence-corrected chi connectivity index (χ3v) is 6.86. The van der Waals surface area contributed by atoms with E-state index in [1.807, 2.05) is 4.90 Å². The number of rotatable bonds is 4. The van der Waals surface area contributed by atoms with Crippen molar-refractivity contribution in [2.45, 2.75) is 44.0 Å². The molecule has 0 radical (unpaired) electrons. The van der Waals surface area contributed by atoms with Crippen molar-refractivity contribution in [3.05, 3.63) is 64.7 Å². The number of sulfonamides is 1. The standard InChI is InChI=1S/C22H25N3O3S/c1-15-12-16(2)14-17(13-15)19-7-5-11-25(19)21(26)9-10-23-22-18-6-3-4-8-20(18)29(27,28)24-22/h3-4,6,8,12-14,19H,5,7,9-11H2,1-2H3,(H,23,24). The summed E-state index contributed by atoms with van der Waals surface area (Å²) >= 11 is 0. The monoisotopic (exact) mass is 411 g/mol. The fourth-order valence-electron chi connectivity index (χ4n) is 4.27. The van der Waals surface area contributed by atoms with Crippen LogP contribution in [-0.4, -0.2) is 38.2 Å². The molecule has 0 spiro atoms. The summed E-state index contributed by atoms with van der Waals surface area (Å²) in [4.78, 5) is 19.4. The minimum Gasteiger partial charge on any atom is -0.336 e. The number of carbonyl (C=O) groups excluding carboxylic acids is 1. The fraction of sp³-hybridized carbons (Fsp3) is 0.364. The van der Waals surface area contributed by atoms with E-state index >= 15 is 0 Å². The van der Waals surface area contributed by atoms with E-state index in [2.05, 4.69) is 41.8 Å². The van der Waals surface area contributed by atoms with E-state index in [9.17, 15) is 13.2 Å². The van der Waals surface area contributed by atoms with Crippen LogP contribution in [0.3, 0.4) is 0 Å². The molecule has 1 amide bonds. The van der Waals surface area contributed by atoms with Crippen LogP contribution in [0.15, 0.2) is 52.4 Å². The molecule has 0 saturated carbocycles. The van der Waals surface area contributed by atoms with E-state index in [0.717, 1.165) is 19.4 Å². The average molecular weight is 412 g/mol. The van der Waals surface area contributed by atoms with Crippen LogP contribution in [0.25, 0.3) is 0 Å². The minimum atomic E-state index is -3.55. The van der Waals surface area contributed by atoms with E-state index in [1.165, 1.54) is 16.7 Å². The van der Waals surface area contributed by atoms with Crippen molar-refractivity contribution in [2.75, 3.05) is 13.1 Å². The number of fused-ring (bicyclic) bond motifs is 1. The van der Waals surface area contributed by atoms with Gasteiger partial charge in [0.25, 0.3) is 10.0 Å². The molecule has 0 aromatic heterocycles. The molecule has 1 saturated heterocycles. The number of likely N-dealkylation sites (tertiary alicyclic amines) is 1. The molecule has 2 aliphatic heterocycles. The fourth-order valence-corrected chi connectivity index (χ4v) is 5.52. The molecule has 0 aliphatic carbocycles. The Morgan fingerprint density at radius 3 is 2.66 bits per heavy atom. The summed E-state index contributed by atoms with van der Waals surface area (Å²) in [7, 11) is -3.55. The molecule has 2 aliphatic rings. The summed E-state index contributed by atoms with van der Waals surface area (Å²) in [6.45, 7) is 5.16. The smallest absolute Gasteiger partial charge is 0.263 e. The van der Waals surface area contributed by atoms with Crippen molar-refractivity contribution in [3.63, 3.8) is 0 Å². The second-order valence-electron chi connectivity index (χ2n) is 7.75. The largest absolute Gasteiger partial charge is 0.336 e. The van der Waals surface area contributed by atoms with Crippen LogP contribution in [0.1, 0.15) is 47.6 Å². The maximum Gasteiger partial charge on any atom is 0.263 e. The number of nitrogens with zero attached hydrogens (tertiary/aromatic N) is 2. The highest BCUT2D eigenvalue weighted by molar-refractivity contribution is 7.90. The van der Waals surface area contributed by atoms with Crippen molar-refractivity contribution in [2.24, 2.45) is 4.99 Å². The van der Waals surface area contributed by atoms with E-state index in [-0.39, 0.29) is 29.8 Å². The molecule has 1 unspecified atom stereocenters. The van der Waals surface area contributed by atoms with Crippen LogP contribution in [0.4, 0.5) is 0 Å². The highest BCUT2D eigenvalue weighted by atomic mass is 32.2. The first-order valence-corrected chi connectivity index (χ1v) is 11.4. The number of benzene rings is 2. The molecule has 1 atom stereocenters. The summed E-state index contributed by atoms with van der Waals surface area (Å²) in [5.41, 5.74) is 4.17. The molecular weight excluding hydrogens is 386 g/mol. The van der Waals surface area contributed by atoms with E-state index in [4.69, 9.17) is 0 Å². The van der Waals surface area contributed by atoms with Gasteiger partial charge in [0.15, 0.2) is 0 Å². The zero-order valence-electron chi connectivity index (χ0n) is 16.7. The molecule has 7 heteroatoms. The number of carbonyl (C=O) groups is 1. The molecule has 29 heavy (non-hydrogen) atoms. The molecule has 2 aromatic rings. The Balaban J connectivity index is 1.46. The SMILES string of the molecule is Cc1cc(C)cc(C2CCCN2C(=O)CCN=C2NS(=O)(=O)c3ccccc32)c1. The molecule has 2 heterocycles. The molecule has 152 valence electrons. The maximum atomic E-state index is 12.9. The molecular formula is C22H25N3O3S. The molecule has 2 aromatic carbocycles. The van der Waals surface area contributed by atoms with Crippen LogP contribution in [-0.2, 0) is 14.8 Å².